The highest BCUT2D eigenvalue weighted by molar-refractivity contribution is 6.33. The number of halogens is 2. The second kappa shape index (κ2) is 8.01. The average Bonchev–Trinajstić information content (AvgIpc) is 3.47. The Hall–Kier alpha value is -3.28. The summed E-state index contributed by atoms with van der Waals surface area (Å²) < 4.78 is 16.0. The van der Waals surface area contributed by atoms with E-state index in [9.17, 15) is 9.18 Å². The van der Waals surface area contributed by atoms with Crippen LogP contribution in [0.4, 0.5) is 10.1 Å². The van der Waals surface area contributed by atoms with E-state index >= 15 is 0 Å². The Bertz CT molecular complexity index is 1240. The zero-order chi connectivity index (χ0) is 22.4. The van der Waals surface area contributed by atoms with Crippen LogP contribution < -0.4 is 5.73 Å². The molecule has 2 aliphatic rings. The number of hydrogen-bond donors (Lipinski definition) is 1. The Morgan fingerprint density at radius 3 is 2.66 bits per heavy atom. The quantitative estimate of drug-likeness (QED) is 0.600. The van der Waals surface area contributed by atoms with Crippen molar-refractivity contribution in [3.05, 3.63) is 70.3 Å². The molecule has 7 nitrogen and oxygen atoms in total. The van der Waals surface area contributed by atoms with Crippen LogP contribution in [0.2, 0.25) is 5.15 Å². The number of carbonyl (C=O) groups excluding carboxylic acids is 1. The minimum Gasteiger partial charge on any atom is -0.336 e. The average molecular weight is 451 g/mol. The Morgan fingerprint density at radius 2 is 2.06 bits per heavy atom. The molecule has 2 N–H and O–H groups in total. The van der Waals surface area contributed by atoms with Gasteiger partial charge in [-0.3, -0.25) is 14.3 Å². The largest absolute Gasteiger partial charge is 0.336 e. The second-order valence-electron chi connectivity index (χ2n) is 8.20. The van der Waals surface area contributed by atoms with Gasteiger partial charge in [0.2, 0.25) is 5.69 Å². The van der Waals surface area contributed by atoms with E-state index < -0.39 is 5.82 Å². The van der Waals surface area contributed by atoms with Gasteiger partial charge < -0.3 is 10.6 Å². The maximum atomic E-state index is 14.4. The number of likely N-dealkylation sites (tertiary alicyclic amines) is 1. The van der Waals surface area contributed by atoms with Gasteiger partial charge in [-0.25, -0.2) is 14.2 Å². The first-order valence-corrected chi connectivity index (χ1v) is 10.8. The van der Waals surface area contributed by atoms with E-state index in [0.717, 1.165) is 18.5 Å². The Labute approximate surface area is 189 Å². The normalized spacial score (nSPS) is 18.1. The van der Waals surface area contributed by atoms with Crippen molar-refractivity contribution in [3.63, 3.8) is 0 Å². The summed E-state index contributed by atoms with van der Waals surface area (Å²) in [4.78, 5) is 27.0. The summed E-state index contributed by atoms with van der Waals surface area (Å²) in [5.74, 6) is -0.181. The summed E-state index contributed by atoms with van der Waals surface area (Å²) in [5.41, 5.74) is 7.99. The van der Waals surface area contributed by atoms with E-state index in [2.05, 4.69) is 14.8 Å². The smallest absolute Gasteiger partial charge is 0.275 e. The van der Waals surface area contributed by atoms with Crippen LogP contribution in [-0.4, -0.2) is 44.5 Å². The molecule has 1 atom stereocenters. The number of hydrogen-bond acceptors (Lipinski definition) is 4. The fourth-order valence-corrected chi connectivity index (χ4v) is 4.28. The molecule has 1 saturated carbocycles. The monoisotopic (exact) mass is 450 g/mol. The summed E-state index contributed by atoms with van der Waals surface area (Å²) in [5, 5.41) is 0.126. The Kier molecular flexibility index (Phi) is 5.16. The highest BCUT2D eigenvalue weighted by Crippen LogP contribution is 2.39. The molecule has 1 saturated heterocycles. The number of nitrogens with two attached hydrogens (primary N) is 1. The van der Waals surface area contributed by atoms with Crippen LogP contribution in [0.1, 0.15) is 41.4 Å². The number of nitrogens with zero attached hydrogens (tertiary/aromatic N) is 5. The maximum Gasteiger partial charge on any atom is 0.275 e. The van der Waals surface area contributed by atoms with Gasteiger partial charge in [0.1, 0.15) is 16.8 Å². The maximum absolute atomic E-state index is 14.4. The molecule has 1 amide bonds. The number of rotatable bonds is 4. The van der Waals surface area contributed by atoms with Crippen molar-refractivity contribution in [2.45, 2.75) is 31.2 Å². The van der Waals surface area contributed by atoms with E-state index in [1.165, 1.54) is 12.1 Å². The standard InChI is InChI=1S/C23H20ClFN6O/c1-27-19-6-4-14(10-17(19)25)22-29-20(23(32)30-9-8-15(26)12-30)21(24)31(22)16-5-7-18(28-11-16)13-2-3-13/h4-7,10-11,13,15H,2-3,8-9,12,26H2/t15-/m0/s1. The van der Waals surface area contributed by atoms with Crippen LogP contribution in [0.15, 0.2) is 36.5 Å². The van der Waals surface area contributed by atoms with Crippen molar-refractivity contribution in [1.29, 1.82) is 0 Å². The lowest BCUT2D eigenvalue weighted by molar-refractivity contribution is 0.0786. The molecule has 0 spiro atoms. The molecular formula is C23H20ClFN6O. The van der Waals surface area contributed by atoms with E-state index in [1.807, 2.05) is 12.1 Å². The molecule has 0 unspecified atom stereocenters. The molecule has 0 bridgehead atoms. The molecule has 3 heterocycles. The summed E-state index contributed by atoms with van der Waals surface area (Å²) >= 11 is 6.69. The fraction of sp³-hybridized carbons (Fsp3) is 0.304. The lowest BCUT2D eigenvalue weighted by atomic mass is 10.2. The molecule has 1 aliphatic heterocycles. The van der Waals surface area contributed by atoms with Gasteiger partial charge in [0.15, 0.2) is 5.69 Å². The van der Waals surface area contributed by atoms with E-state index in [4.69, 9.17) is 23.9 Å². The van der Waals surface area contributed by atoms with Gasteiger partial charge in [-0.2, -0.15) is 0 Å². The summed E-state index contributed by atoms with van der Waals surface area (Å²) in [6.07, 6.45) is 4.67. The van der Waals surface area contributed by atoms with Crippen LogP contribution >= 0.6 is 11.6 Å². The van der Waals surface area contributed by atoms with Crippen LogP contribution in [0, 0.1) is 12.4 Å². The third-order valence-electron chi connectivity index (χ3n) is 5.89. The minimum atomic E-state index is -0.663. The van der Waals surface area contributed by atoms with Gasteiger partial charge in [0.05, 0.1) is 18.5 Å². The van der Waals surface area contributed by atoms with Crippen LogP contribution in [-0.2, 0) is 0 Å². The lowest BCUT2D eigenvalue weighted by Crippen LogP contribution is -2.32. The summed E-state index contributed by atoms with van der Waals surface area (Å²) in [6.45, 7) is 8.04. The molecule has 3 aromatic rings. The number of pyridine rings is 1. The van der Waals surface area contributed by atoms with Crippen molar-refractivity contribution in [2.24, 2.45) is 5.73 Å². The van der Waals surface area contributed by atoms with Crippen molar-refractivity contribution in [2.75, 3.05) is 13.1 Å². The van der Waals surface area contributed by atoms with E-state index in [1.54, 1.807) is 21.7 Å². The summed E-state index contributed by atoms with van der Waals surface area (Å²) in [6, 6.07) is 7.96. The Balaban J connectivity index is 1.62. The first kappa shape index (κ1) is 20.6. The van der Waals surface area contributed by atoms with Gasteiger partial charge in [0.25, 0.3) is 5.91 Å². The SMILES string of the molecule is [C-]#[N+]c1ccc(-c2nc(C(=O)N3CC[C@H](N)C3)c(Cl)n2-c2ccc(C3CC3)nc2)cc1F. The molecule has 0 radical (unpaired) electrons. The highest BCUT2D eigenvalue weighted by atomic mass is 35.5. The molecule has 162 valence electrons. The fourth-order valence-electron chi connectivity index (χ4n) is 3.97. The zero-order valence-electron chi connectivity index (χ0n) is 17.1. The molecule has 1 aromatic carbocycles. The lowest BCUT2D eigenvalue weighted by Gasteiger charge is -2.14. The predicted molar refractivity (Wildman–Crippen MR) is 118 cm³/mol. The molecule has 32 heavy (non-hydrogen) atoms. The van der Waals surface area contributed by atoms with Gasteiger partial charge in [-0.05, 0) is 37.5 Å². The molecule has 1 aliphatic carbocycles. The van der Waals surface area contributed by atoms with Crippen LogP contribution in [0.5, 0.6) is 0 Å². The van der Waals surface area contributed by atoms with Gasteiger partial charge in [-0.1, -0.05) is 23.7 Å². The number of benzene rings is 1. The summed E-state index contributed by atoms with van der Waals surface area (Å²) in [7, 11) is 0. The molecule has 9 heteroatoms. The molecule has 2 fully saturated rings. The predicted octanol–water partition coefficient (Wildman–Crippen LogP) is 4.33. The topological polar surface area (TPSA) is 81.4 Å². The van der Waals surface area contributed by atoms with Crippen LogP contribution in [0.3, 0.4) is 0 Å². The number of amides is 1. The van der Waals surface area contributed by atoms with Gasteiger partial charge in [0, 0.05) is 36.3 Å². The highest BCUT2D eigenvalue weighted by Gasteiger charge is 2.31. The third kappa shape index (κ3) is 3.64. The van der Waals surface area contributed by atoms with Crippen molar-refractivity contribution in [3.8, 4) is 17.1 Å². The number of carbonyl (C=O) groups is 1. The van der Waals surface area contributed by atoms with Crippen molar-refractivity contribution in [1.82, 2.24) is 19.4 Å². The second-order valence-corrected chi connectivity index (χ2v) is 8.56. The third-order valence-corrected chi connectivity index (χ3v) is 6.23. The van der Waals surface area contributed by atoms with Crippen molar-refractivity contribution < 1.29 is 9.18 Å². The first-order chi connectivity index (χ1) is 15.5. The Morgan fingerprint density at radius 1 is 1.25 bits per heavy atom. The number of imidazole rings is 1. The van der Waals surface area contributed by atoms with E-state index in [-0.39, 0.29) is 28.5 Å². The molecule has 5 rings (SSSR count). The first-order valence-electron chi connectivity index (χ1n) is 10.4. The molecule has 2 aromatic heterocycles. The zero-order valence-corrected chi connectivity index (χ0v) is 17.9. The van der Waals surface area contributed by atoms with Crippen molar-refractivity contribution >= 4 is 23.2 Å². The van der Waals surface area contributed by atoms with Crippen LogP contribution in [0.25, 0.3) is 21.9 Å². The van der Waals surface area contributed by atoms with Gasteiger partial charge >= 0.3 is 0 Å². The number of aromatic nitrogens is 3. The minimum absolute atomic E-state index is 0.0753. The van der Waals surface area contributed by atoms with Gasteiger partial charge in [-0.15, -0.1) is 0 Å². The van der Waals surface area contributed by atoms with E-state index in [0.29, 0.717) is 42.5 Å². The molecular weight excluding hydrogens is 431 g/mol.